The molecule has 1 fully saturated rings. The van der Waals surface area contributed by atoms with Crippen molar-refractivity contribution in [2.45, 2.75) is 32.7 Å². The topological polar surface area (TPSA) is 55.2 Å². The van der Waals surface area contributed by atoms with Crippen LogP contribution >= 0.6 is 11.3 Å². The van der Waals surface area contributed by atoms with Gasteiger partial charge in [0.05, 0.1) is 23.1 Å². The molecule has 2 aromatic heterocycles. The molecule has 3 aromatic rings. The normalized spacial score (nSPS) is 14.7. The molecular formula is C20H21N3O2S. The molecule has 26 heavy (non-hydrogen) atoms. The van der Waals surface area contributed by atoms with E-state index in [4.69, 9.17) is 0 Å². The first-order valence-corrected chi connectivity index (χ1v) is 9.78. The molecule has 1 aliphatic rings. The highest BCUT2D eigenvalue weighted by Crippen LogP contribution is 2.28. The number of carbonyl (C=O) groups is 1. The van der Waals surface area contributed by atoms with Crippen molar-refractivity contribution in [3.8, 4) is 0 Å². The minimum Gasteiger partial charge on any atom is -0.338 e. The molecule has 0 atom stereocenters. The Balaban J connectivity index is 1.72. The molecule has 0 radical (unpaired) electrons. The van der Waals surface area contributed by atoms with Crippen LogP contribution in [0.15, 0.2) is 41.5 Å². The van der Waals surface area contributed by atoms with Crippen LogP contribution in [0.5, 0.6) is 0 Å². The highest BCUT2D eigenvalue weighted by atomic mass is 32.1. The number of benzene rings is 1. The summed E-state index contributed by atoms with van der Waals surface area (Å²) in [6, 6.07) is 9.84. The van der Waals surface area contributed by atoms with Crippen molar-refractivity contribution in [1.82, 2.24) is 14.5 Å². The summed E-state index contributed by atoms with van der Waals surface area (Å²) < 4.78 is 1.62. The largest absolute Gasteiger partial charge is 0.338 e. The van der Waals surface area contributed by atoms with Crippen LogP contribution in [0.2, 0.25) is 0 Å². The number of aromatic nitrogens is 2. The van der Waals surface area contributed by atoms with Crippen molar-refractivity contribution in [2.75, 3.05) is 13.1 Å². The van der Waals surface area contributed by atoms with Crippen LogP contribution in [0.3, 0.4) is 0 Å². The first-order valence-electron chi connectivity index (χ1n) is 8.97. The van der Waals surface area contributed by atoms with Gasteiger partial charge in [-0.15, -0.1) is 11.3 Å². The van der Waals surface area contributed by atoms with Gasteiger partial charge in [0.25, 0.3) is 11.5 Å². The number of hydrogen-bond donors (Lipinski definition) is 0. The standard InChI is InChI=1S/C20H21N3O2S/c1-14-16-18(26-17(14)20(25)22-10-6-3-7-11-22)21-13-23(19(16)24)12-15-8-4-2-5-9-15/h2,4-5,8-9,13H,3,6-7,10-12H2,1H3. The molecule has 1 aliphatic heterocycles. The molecule has 5 nitrogen and oxygen atoms in total. The number of amides is 1. The summed E-state index contributed by atoms with van der Waals surface area (Å²) in [4.78, 5) is 33.5. The first kappa shape index (κ1) is 17.0. The van der Waals surface area contributed by atoms with E-state index in [1.165, 1.54) is 17.8 Å². The van der Waals surface area contributed by atoms with Crippen LogP contribution in [0, 0.1) is 6.92 Å². The summed E-state index contributed by atoms with van der Waals surface area (Å²) in [7, 11) is 0. The van der Waals surface area contributed by atoms with Gasteiger partial charge in [-0.2, -0.15) is 0 Å². The van der Waals surface area contributed by atoms with E-state index in [2.05, 4.69) is 4.98 Å². The number of likely N-dealkylation sites (tertiary alicyclic amines) is 1. The van der Waals surface area contributed by atoms with E-state index in [1.54, 1.807) is 10.9 Å². The Labute approximate surface area is 155 Å². The van der Waals surface area contributed by atoms with Crippen LogP contribution in [0.25, 0.3) is 10.2 Å². The predicted molar refractivity (Wildman–Crippen MR) is 104 cm³/mol. The van der Waals surface area contributed by atoms with Gasteiger partial charge in [-0.3, -0.25) is 14.2 Å². The zero-order valence-corrected chi connectivity index (χ0v) is 15.6. The minimum atomic E-state index is -0.0784. The lowest BCUT2D eigenvalue weighted by Gasteiger charge is -2.26. The van der Waals surface area contributed by atoms with Gasteiger partial charge in [-0.25, -0.2) is 4.98 Å². The van der Waals surface area contributed by atoms with Crippen LogP contribution in [-0.4, -0.2) is 33.4 Å². The quantitative estimate of drug-likeness (QED) is 0.712. The van der Waals surface area contributed by atoms with E-state index >= 15 is 0 Å². The molecule has 0 aliphatic carbocycles. The van der Waals surface area contributed by atoms with Gasteiger partial charge >= 0.3 is 0 Å². The van der Waals surface area contributed by atoms with Crippen LogP contribution < -0.4 is 5.56 Å². The summed E-state index contributed by atoms with van der Waals surface area (Å²) in [6.07, 6.45) is 4.87. The molecule has 4 rings (SSSR count). The van der Waals surface area contributed by atoms with Crippen LogP contribution in [-0.2, 0) is 6.54 Å². The second kappa shape index (κ2) is 7.03. The fourth-order valence-corrected chi connectivity index (χ4v) is 4.60. The Kier molecular flexibility index (Phi) is 4.59. The Bertz CT molecular complexity index is 1000. The SMILES string of the molecule is Cc1c(C(=O)N2CCCCC2)sc2ncn(Cc3ccccc3)c(=O)c12. The van der Waals surface area contributed by atoms with Crippen molar-refractivity contribution in [3.63, 3.8) is 0 Å². The van der Waals surface area contributed by atoms with Crippen molar-refractivity contribution < 1.29 is 4.79 Å². The molecule has 0 N–H and O–H groups in total. The van der Waals surface area contributed by atoms with Gasteiger partial charge < -0.3 is 4.90 Å². The average molecular weight is 367 g/mol. The second-order valence-electron chi connectivity index (χ2n) is 6.75. The summed E-state index contributed by atoms with van der Waals surface area (Å²) >= 11 is 1.34. The van der Waals surface area contributed by atoms with Crippen LogP contribution in [0.4, 0.5) is 0 Å². The molecule has 1 aromatic carbocycles. The van der Waals surface area contributed by atoms with Gasteiger partial charge in [0.2, 0.25) is 0 Å². The first-order chi connectivity index (χ1) is 12.6. The smallest absolute Gasteiger partial charge is 0.264 e. The lowest BCUT2D eigenvalue weighted by atomic mass is 10.1. The Morgan fingerprint density at radius 1 is 1.15 bits per heavy atom. The Morgan fingerprint density at radius 2 is 1.88 bits per heavy atom. The van der Waals surface area contributed by atoms with Gasteiger partial charge in [0.15, 0.2) is 0 Å². The van der Waals surface area contributed by atoms with Gasteiger partial charge in [-0.1, -0.05) is 30.3 Å². The van der Waals surface area contributed by atoms with Crippen molar-refractivity contribution >= 4 is 27.5 Å². The van der Waals surface area contributed by atoms with Crippen molar-refractivity contribution in [2.24, 2.45) is 0 Å². The number of rotatable bonds is 3. The van der Waals surface area contributed by atoms with E-state index in [0.717, 1.165) is 37.1 Å². The van der Waals surface area contributed by atoms with E-state index < -0.39 is 0 Å². The molecular weight excluding hydrogens is 346 g/mol. The number of piperidine rings is 1. The summed E-state index contributed by atoms with van der Waals surface area (Å²) in [5, 5.41) is 0.578. The number of carbonyl (C=O) groups excluding carboxylic acids is 1. The average Bonchev–Trinajstić information content (AvgIpc) is 3.02. The summed E-state index contributed by atoms with van der Waals surface area (Å²) in [5.41, 5.74) is 1.74. The second-order valence-corrected chi connectivity index (χ2v) is 7.75. The maximum atomic E-state index is 13.0. The zero-order valence-electron chi connectivity index (χ0n) is 14.8. The van der Waals surface area contributed by atoms with E-state index in [1.807, 2.05) is 42.2 Å². The third-order valence-corrected chi connectivity index (χ3v) is 6.14. The molecule has 0 saturated carbocycles. The lowest BCUT2D eigenvalue weighted by molar-refractivity contribution is 0.0728. The maximum absolute atomic E-state index is 13.0. The maximum Gasteiger partial charge on any atom is 0.264 e. The van der Waals surface area contributed by atoms with Crippen molar-refractivity contribution in [3.05, 3.63) is 63.0 Å². The predicted octanol–water partition coefficient (Wildman–Crippen LogP) is 3.44. The number of aryl methyl sites for hydroxylation is 1. The third kappa shape index (κ3) is 3.05. The zero-order chi connectivity index (χ0) is 18.1. The molecule has 0 bridgehead atoms. The molecule has 1 saturated heterocycles. The highest BCUT2D eigenvalue weighted by Gasteiger charge is 2.24. The van der Waals surface area contributed by atoms with Gasteiger partial charge in [-0.05, 0) is 37.3 Å². The minimum absolute atomic E-state index is 0.0409. The van der Waals surface area contributed by atoms with E-state index in [-0.39, 0.29) is 11.5 Å². The summed E-state index contributed by atoms with van der Waals surface area (Å²) in [5.74, 6) is 0.0409. The molecule has 3 heterocycles. The monoisotopic (exact) mass is 367 g/mol. The fraction of sp³-hybridized carbons (Fsp3) is 0.350. The fourth-order valence-electron chi connectivity index (χ4n) is 3.50. The molecule has 6 heteroatoms. The van der Waals surface area contributed by atoms with Crippen LogP contribution in [0.1, 0.15) is 40.1 Å². The number of hydrogen-bond acceptors (Lipinski definition) is 4. The lowest BCUT2D eigenvalue weighted by Crippen LogP contribution is -2.35. The van der Waals surface area contributed by atoms with E-state index in [9.17, 15) is 9.59 Å². The number of nitrogens with zero attached hydrogens (tertiary/aromatic N) is 3. The number of thiophene rings is 1. The molecule has 1 amide bonds. The molecule has 0 unspecified atom stereocenters. The Morgan fingerprint density at radius 3 is 2.62 bits per heavy atom. The van der Waals surface area contributed by atoms with Crippen molar-refractivity contribution in [1.29, 1.82) is 0 Å². The third-order valence-electron chi connectivity index (χ3n) is 4.95. The molecule has 0 spiro atoms. The van der Waals surface area contributed by atoms with Gasteiger partial charge in [0, 0.05) is 13.1 Å². The van der Waals surface area contributed by atoms with E-state index in [0.29, 0.717) is 21.6 Å². The molecule has 134 valence electrons. The highest BCUT2D eigenvalue weighted by molar-refractivity contribution is 7.20. The van der Waals surface area contributed by atoms with Gasteiger partial charge in [0.1, 0.15) is 4.83 Å². The Hall–Kier alpha value is -2.47. The summed E-state index contributed by atoms with van der Waals surface area (Å²) in [6.45, 7) is 3.95. The number of fused-ring (bicyclic) bond motifs is 1.